The highest BCUT2D eigenvalue weighted by atomic mass is 32.2. The molecule has 0 atom stereocenters. The Morgan fingerprint density at radius 2 is 1.85 bits per heavy atom. The Balaban J connectivity index is 1.41. The zero-order valence-electron chi connectivity index (χ0n) is 20.9. The third-order valence-electron chi connectivity index (χ3n) is 6.13. The second-order valence-electron chi connectivity index (χ2n) is 8.98. The lowest BCUT2D eigenvalue weighted by atomic mass is 10.0. The first-order chi connectivity index (χ1) is 19.2. The molecule has 6 rings (SSSR count). The Morgan fingerprint density at radius 3 is 2.60 bits per heavy atom. The first kappa shape index (κ1) is 25.4. The summed E-state index contributed by atoms with van der Waals surface area (Å²) in [6.45, 7) is -0.0726. The van der Waals surface area contributed by atoms with Crippen LogP contribution in [0.1, 0.15) is 5.76 Å². The third-order valence-corrected chi connectivity index (χ3v) is 7.16. The van der Waals surface area contributed by atoms with Crippen LogP contribution in [0.25, 0.3) is 39.1 Å². The molecule has 0 aliphatic carbocycles. The number of rotatable bonds is 8. The second-order valence-corrected chi connectivity index (χ2v) is 10.5. The van der Waals surface area contributed by atoms with Gasteiger partial charge in [0, 0.05) is 42.2 Å². The molecule has 10 nitrogen and oxygen atoms in total. The minimum Gasteiger partial charge on any atom is -0.468 e. The van der Waals surface area contributed by atoms with E-state index in [1.807, 2.05) is 19.3 Å². The number of benzene rings is 2. The van der Waals surface area contributed by atoms with Crippen LogP contribution < -0.4 is 9.44 Å². The zero-order valence-corrected chi connectivity index (χ0v) is 21.7. The summed E-state index contributed by atoms with van der Waals surface area (Å²) >= 11 is 0. The predicted octanol–water partition coefficient (Wildman–Crippen LogP) is 4.81. The Morgan fingerprint density at radius 1 is 0.975 bits per heavy atom. The summed E-state index contributed by atoms with van der Waals surface area (Å²) in [6, 6.07) is 13.0. The standard InChI is InChI=1S/C27H21F2N7O3S/c1-35-15-19(13-32-35)18-9-26-27(30-12-18)36(16-31-26)22-8-17(24-5-4-20(28)10-25(24)29)7-21(11-22)34-40(37,38)33-14-23-3-2-6-39-23/h2-13,15-16,33-34H,14H2,1H3. The third kappa shape index (κ3) is 5.19. The van der Waals surface area contributed by atoms with Crippen molar-refractivity contribution in [1.29, 1.82) is 0 Å². The lowest BCUT2D eigenvalue weighted by Gasteiger charge is -2.14. The molecule has 0 aliphatic heterocycles. The van der Waals surface area contributed by atoms with Crippen molar-refractivity contribution in [3.63, 3.8) is 0 Å². The predicted molar refractivity (Wildman–Crippen MR) is 145 cm³/mol. The number of aromatic nitrogens is 5. The maximum atomic E-state index is 14.8. The summed E-state index contributed by atoms with van der Waals surface area (Å²) in [6.07, 6.45) is 8.24. The van der Waals surface area contributed by atoms with Crippen molar-refractivity contribution in [3.8, 4) is 27.9 Å². The van der Waals surface area contributed by atoms with Crippen LogP contribution in [0.5, 0.6) is 0 Å². The van der Waals surface area contributed by atoms with E-state index >= 15 is 0 Å². The van der Waals surface area contributed by atoms with Crippen molar-refractivity contribution in [2.45, 2.75) is 6.54 Å². The maximum Gasteiger partial charge on any atom is 0.299 e. The van der Waals surface area contributed by atoms with Crippen molar-refractivity contribution in [3.05, 3.63) is 103 Å². The average Bonchev–Trinajstić information content (AvgIpc) is 3.68. The van der Waals surface area contributed by atoms with Crippen LogP contribution in [0.15, 0.2) is 90.2 Å². The van der Waals surface area contributed by atoms with Gasteiger partial charge in [-0.3, -0.25) is 14.0 Å². The van der Waals surface area contributed by atoms with Gasteiger partial charge in [0.1, 0.15) is 29.2 Å². The number of furan rings is 1. The number of hydrogen-bond acceptors (Lipinski definition) is 6. The molecule has 0 saturated heterocycles. The summed E-state index contributed by atoms with van der Waals surface area (Å²) in [5.41, 5.74) is 3.77. The van der Waals surface area contributed by atoms with Gasteiger partial charge >= 0.3 is 0 Å². The molecule has 0 aliphatic rings. The van der Waals surface area contributed by atoms with Gasteiger partial charge in [-0.2, -0.15) is 18.2 Å². The van der Waals surface area contributed by atoms with Gasteiger partial charge in [0.05, 0.1) is 30.4 Å². The van der Waals surface area contributed by atoms with Gasteiger partial charge in [-0.05, 0) is 54.1 Å². The Bertz CT molecular complexity index is 1950. The largest absolute Gasteiger partial charge is 0.468 e. The van der Waals surface area contributed by atoms with Crippen molar-refractivity contribution in [2.75, 3.05) is 4.72 Å². The number of hydrogen-bond donors (Lipinski definition) is 2. The lowest BCUT2D eigenvalue weighted by Crippen LogP contribution is -2.29. The van der Waals surface area contributed by atoms with E-state index in [9.17, 15) is 17.2 Å². The molecule has 4 heterocycles. The molecule has 0 fully saturated rings. The SMILES string of the molecule is Cn1cc(-c2cnc3c(c2)ncn3-c2cc(NS(=O)(=O)NCc3ccco3)cc(-c3ccc(F)cc3F)c2)cn1. The molecular weight excluding hydrogens is 540 g/mol. The second kappa shape index (κ2) is 10.0. The van der Waals surface area contributed by atoms with Crippen LogP contribution in [-0.2, 0) is 23.8 Å². The molecule has 0 amide bonds. The van der Waals surface area contributed by atoms with Gasteiger partial charge in [-0.25, -0.2) is 18.7 Å². The minimum absolute atomic E-state index is 0.0726. The van der Waals surface area contributed by atoms with Crippen LogP contribution in [0, 0.1) is 11.6 Å². The summed E-state index contributed by atoms with van der Waals surface area (Å²) in [7, 11) is -2.23. The Labute approximate surface area is 227 Å². The van der Waals surface area contributed by atoms with Crippen molar-refractivity contribution in [2.24, 2.45) is 7.05 Å². The summed E-state index contributed by atoms with van der Waals surface area (Å²) < 4.78 is 67.4. The fourth-order valence-corrected chi connectivity index (χ4v) is 5.11. The average molecular weight is 562 g/mol. The number of nitrogens with one attached hydrogen (secondary N) is 2. The molecule has 4 aromatic heterocycles. The van der Waals surface area contributed by atoms with Gasteiger partial charge in [-0.1, -0.05) is 0 Å². The molecule has 13 heteroatoms. The quantitative estimate of drug-likeness (QED) is 0.275. The van der Waals surface area contributed by atoms with Crippen LogP contribution in [-0.4, -0.2) is 32.7 Å². The van der Waals surface area contributed by atoms with Crippen LogP contribution in [0.4, 0.5) is 14.5 Å². The number of aryl methyl sites for hydroxylation is 1. The molecule has 0 spiro atoms. The van der Waals surface area contributed by atoms with E-state index in [1.165, 1.54) is 24.7 Å². The smallest absolute Gasteiger partial charge is 0.299 e. The number of imidazole rings is 1. The molecule has 202 valence electrons. The van der Waals surface area contributed by atoms with Crippen LogP contribution in [0.3, 0.4) is 0 Å². The first-order valence-corrected chi connectivity index (χ1v) is 13.5. The fourth-order valence-electron chi connectivity index (χ4n) is 4.28. The maximum absolute atomic E-state index is 14.8. The first-order valence-electron chi connectivity index (χ1n) is 12.0. The van der Waals surface area contributed by atoms with E-state index in [2.05, 4.69) is 24.5 Å². The summed E-state index contributed by atoms with van der Waals surface area (Å²) in [5, 5.41) is 4.19. The molecule has 2 N–H and O–H groups in total. The Kier molecular flexibility index (Phi) is 6.36. The van der Waals surface area contributed by atoms with Gasteiger partial charge in [0.15, 0.2) is 5.65 Å². The minimum atomic E-state index is -4.05. The normalized spacial score (nSPS) is 11.8. The topological polar surface area (TPSA) is 120 Å². The monoisotopic (exact) mass is 561 g/mol. The number of anilines is 1. The molecule has 0 unspecified atom stereocenters. The van der Waals surface area contributed by atoms with Gasteiger partial charge in [0.25, 0.3) is 10.2 Å². The highest BCUT2D eigenvalue weighted by Gasteiger charge is 2.17. The number of nitrogens with zero attached hydrogens (tertiary/aromatic N) is 5. The molecule has 40 heavy (non-hydrogen) atoms. The van der Waals surface area contributed by atoms with Gasteiger partial charge in [-0.15, -0.1) is 0 Å². The lowest BCUT2D eigenvalue weighted by molar-refractivity contribution is 0.499. The number of halogens is 2. The van der Waals surface area contributed by atoms with E-state index in [0.29, 0.717) is 28.2 Å². The van der Waals surface area contributed by atoms with E-state index in [4.69, 9.17) is 4.42 Å². The van der Waals surface area contributed by atoms with E-state index in [-0.39, 0.29) is 17.8 Å². The summed E-state index contributed by atoms with van der Waals surface area (Å²) in [4.78, 5) is 9.05. The number of fused-ring (bicyclic) bond motifs is 1. The highest BCUT2D eigenvalue weighted by Crippen LogP contribution is 2.31. The molecule has 6 aromatic rings. The molecule has 0 bridgehead atoms. The van der Waals surface area contributed by atoms with Crippen LogP contribution in [0.2, 0.25) is 0 Å². The van der Waals surface area contributed by atoms with E-state index in [1.54, 1.807) is 45.9 Å². The zero-order chi connectivity index (χ0) is 27.9. The van der Waals surface area contributed by atoms with Crippen LogP contribution >= 0.6 is 0 Å². The Hall–Kier alpha value is -4.88. The highest BCUT2D eigenvalue weighted by molar-refractivity contribution is 7.90. The van der Waals surface area contributed by atoms with Crippen molar-refractivity contribution >= 4 is 27.1 Å². The molecular formula is C27H21F2N7O3S. The molecule has 0 saturated carbocycles. The van der Waals surface area contributed by atoms with Gasteiger partial charge in [0.2, 0.25) is 0 Å². The van der Waals surface area contributed by atoms with E-state index < -0.39 is 21.8 Å². The van der Waals surface area contributed by atoms with Crippen molar-refractivity contribution < 1.29 is 21.6 Å². The van der Waals surface area contributed by atoms with Gasteiger partial charge < -0.3 is 4.42 Å². The van der Waals surface area contributed by atoms with E-state index in [0.717, 1.165) is 23.3 Å². The summed E-state index contributed by atoms with van der Waals surface area (Å²) in [5.74, 6) is -1.10. The molecule has 0 radical (unpaired) electrons. The molecule has 2 aromatic carbocycles. The fraction of sp³-hybridized carbons (Fsp3) is 0.0741. The number of pyridine rings is 1. The van der Waals surface area contributed by atoms with Crippen molar-refractivity contribution in [1.82, 2.24) is 29.0 Å².